The lowest BCUT2D eigenvalue weighted by Gasteiger charge is -2.57. The van der Waals surface area contributed by atoms with Crippen molar-refractivity contribution in [2.75, 3.05) is 41.7 Å². The fourth-order valence-corrected chi connectivity index (χ4v) is 9.36. The molecule has 1 aliphatic heterocycles. The fraction of sp³-hybridized carbons (Fsp3) is 1.00. The summed E-state index contributed by atoms with van der Waals surface area (Å²) in [7, 11) is 8.76. The van der Waals surface area contributed by atoms with Gasteiger partial charge in [-0.3, -0.25) is 0 Å². The fourth-order valence-electron chi connectivity index (χ4n) is 5.94. The Kier molecular flexibility index (Phi) is 7.56. The third-order valence-corrected chi connectivity index (χ3v) is 13.4. The van der Waals surface area contributed by atoms with E-state index in [1.165, 1.54) is 0 Å². The van der Waals surface area contributed by atoms with Crippen LogP contribution in [0.2, 0.25) is 23.7 Å². The van der Waals surface area contributed by atoms with Gasteiger partial charge in [0.1, 0.15) is 11.7 Å². The SMILES string of the molecule is CCC(OCC1CO1)C1(OC)CC(C)([Si](C)(C)OC)C(C)(C(C)[Si])C1(OC)OC. The molecule has 29 heavy (non-hydrogen) atoms. The van der Waals surface area contributed by atoms with Gasteiger partial charge in [0.15, 0.2) is 8.32 Å². The first-order valence-corrected chi connectivity index (χ1v) is 14.1. The molecule has 1 heterocycles. The minimum Gasteiger partial charge on any atom is -0.420 e. The van der Waals surface area contributed by atoms with Gasteiger partial charge < -0.3 is 28.1 Å². The predicted octanol–water partition coefficient (Wildman–Crippen LogP) is 3.55. The maximum Gasteiger partial charge on any atom is 0.205 e. The molecule has 0 aromatic rings. The highest BCUT2D eigenvalue weighted by Crippen LogP contribution is 2.76. The molecule has 169 valence electrons. The van der Waals surface area contributed by atoms with Gasteiger partial charge in [0.2, 0.25) is 5.79 Å². The van der Waals surface area contributed by atoms with Crippen LogP contribution in [0.25, 0.3) is 0 Å². The number of ether oxygens (including phenoxy) is 5. The highest BCUT2D eigenvalue weighted by Gasteiger charge is 2.82. The van der Waals surface area contributed by atoms with Gasteiger partial charge in [-0.1, -0.05) is 27.7 Å². The molecule has 2 rings (SSSR count). The molecule has 6 atom stereocenters. The summed E-state index contributed by atoms with van der Waals surface area (Å²) >= 11 is 0. The van der Waals surface area contributed by atoms with E-state index in [4.69, 9.17) is 28.1 Å². The van der Waals surface area contributed by atoms with Crippen molar-refractivity contribution in [1.82, 2.24) is 0 Å². The van der Waals surface area contributed by atoms with E-state index < -0.39 is 25.1 Å². The largest absolute Gasteiger partial charge is 0.420 e. The normalized spacial score (nSPS) is 38.8. The van der Waals surface area contributed by atoms with Crippen LogP contribution in [0.5, 0.6) is 0 Å². The second-order valence-corrected chi connectivity index (χ2v) is 14.8. The maximum atomic E-state index is 6.41. The number of rotatable bonds is 11. The number of epoxide rings is 1. The summed E-state index contributed by atoms with van der Waals surface area (Å²) < 4.78 is 37.1. The van der Waals surface area contributed by atoms with Gasteiger partial charge in [-0.15, -0.1) is 0 Å². The van der Waals surface area contributed by atoms with E-state index in [-0.39, 0.29) is 22.8 Å². The first-order valence-electron chi connectivity index (χ1n) is 10.6. The molecule has 0 amide bonds. The molecule has 2 aliphatic rings. The van der Waals surface area contributed by atoms with Gasteiger partial charge in [-0.25, -0.2) is 0 Å². The summed E-state index contributed by atoms with van der Waals surface area (Å²) in [5, 5.41) is -0.245. The van der Waals surface area contributed by atoms with Crippen molar-refractivity contribution in [3.05, 3.63) is 0 Å². The second-order valence-electron chi connectivity index (χ2n) is 9.45. The Bertz CT molecular complexity index is 565. The van der Waals surface area contributed by atoms with Crippen molar-refractivity contribution in [1.29, 1.82) is 0 Å². The van der Waals surface area contributed by atoms with Crippen LogP contribution >= 0.6 is 0 Å². The molecule has 0 N–H and O–H groups in total. The van der Waals surface area contributed by atoms with Crippen molar-refractivity contribution in [3.63, 3.8) is 0 Å². The smallest absolute Gasteiger partial charge is 0.205 e. The van der Waals surface area contributed by atoms with Gasteiger partial charge in [-0.05, 0) is 31.5 Å². The van der Waals surface area contributed by atoms with Gasteiger partial charge in [0, 0.05) is 49.1 Å². The molecule has 2 fully saturated rings. The zero-order valence-electron chi connectivity index (χ0n) is 20.0. The molecule has 0 bridgehead atoms. The third-order valence-electron chi connectivity index (χ3n) is 8.42. The molecular formula is C21H41O6Si2. The van der Waals surface area contributed by atoms with Crippen LogP contribution in [0.1, 0.15) is 40.5 Å². The molecule has 6 unspecified atom stereocenters. The summed E-state index contributed by atoms with van der Waals surface area (Å²) in [6.45, 7) is 14.7. The van der Waals surface area contributed by atoms with Gasteiger partial charge in [0.25, 0.3) is 0 Å². The van der Waals surface area contributed by atoms with E-state index in [2.05, 4.69) is 51.0 Å². The topological polar surface area (TPSA) is 58.7 Å². The Morgan fingerprint density at radius 2 is 1.66 bits per heavy atom. The van der Waals surface area contributed by atoms with E-state index in [1.807, 2.05) is 7.11 Å². The highest BCUT2D eigenvalue weighted by molar-refractivity contribution is 6.74. The quantitative estimate of drug-likeness (QED) is 0.275. The van der Waals surface area contributed by atoms with Crippen LogP contribution in [-0.2, 0) is 28.1 Å². The number of hydrogen-bond donors (Lipinski definition) is 0. The summed E-state index contributed by atoms with van der Waals surface area (Å²) in [4.78, 5) is 0. The van der Waals surface area contributed by atoms with Crippen LogP contribution in [0, 0.1) is 5.41 Å². The van der Waals surface area contributed by atoms with Crippen molar-refractivity contribution >= 4 is 18.6 Å². The minimum absolute atomic E-state index is 0.0654. The molecule has 6 nitrogen and oxygen atoms in total. The molecule has 3 radical (unpaired) electrons. The van der Waals surface area contributed by atoms with Crippen LogP contribution in [0.3, 0.4) is 0 Å². The van der Waals surface area contributed by atoms with Gasteiger partial charge in [-0.2, -0.15) is 0 Å². The zero-order chi connectivity index (χ0) is 22.3. The van der Waals surface area contributed by atoms with Crippen molar-refractivity contribution in [2.45, 2.75) is 87.8 Å². The van der Waals surface area contributed by atoms with Crippen molar-refractivity contribution < 1.29 is 28.1 Å². The summed E-state index contributed by atoms with van der Waals surface area (Å²) in [5.74, 6) is -1.04. The van der Waals surface area contributed by atoms with E-state index >= 15 is 0 Å². The van der Waals surface area contributed by atoms with E-state index in [0.717, 1.165) is 13.0 Å². The highest BCUT2D eigenvalue weighted by atomic mass is 28.4. The first-order chi connectivity index (χ1) is 13.4. The third kappa shape index (κ3) is 3.33. The van der Waals surface area contributed by atoms with Crippen LogP contribution < -0.4 is 0 Å². The Morgan fingerprint density at radius 1 is 1.10 bits per heavy atom. The Balaban J connectivity index is 2.74. The van der Waals surface area contributed by atoms with Crippen molar-refractivity contribution in [3.8, 4) is 0 Å². The molecule has 1 saturated carbocycles. The standard InChI is InChI=1S/C21H41O6Si2/c1-11-17(27-13-16-12-26-16)20(22-5)14-18(3,29(9,10)25-8)19(4,15(2)28)21(20,23-6)24-7/h15-17H,11-14H2,1-10H3. The zero-order valence-corrected chi connectivity index (χ0v) is 22.0. The van der Waals surface area contributed by atoms with Crippen molar-refractivity contribution in [2.24, 2.45) is 5.41 Å². The molecule has 0 aromatic heterocycles. The lowest BCUT2D eigenvalue weighted by Crippen LogP contribution is -2.68. The average Bonchev–Trinajstić information content (AvgIpc) is 3.49. The molecule has 0 aromatic carbocycles. The summed E-state index contributed by atoms with van der Waals surface area (Å²) in [5.41, 5.74) is -1.21. The van der Waals surface area contributed by atoms with E-state index in [0.29, 0.717) is 13.0 Å². The molecule has 1 aliphatic carbocycles. The summed E-state index contributed by atoms with van der Waals surface area (Å²) in [6.07, 6.45) is 1.44. The lowest BCUT2D eigenvalue weighted by atomic mass is 9.71. The van der Waals surface area contributed by atoms with Gasteiger partial charge in [0.05, 0.1) is 19.3 Å². The number of hydrogen-bond acceptors (Lipinski definition) is 6. The summed E-state index contributed by atoms with van der Waals surface area (Å²) in [6, 6.07) is 0. The molecular weight excluding hydrogens is 404 g/mol. The average molecular weight is 446 g/mol. The Hall–Kier alpha value is 0.194. The van der Waals surface area contributed by atoms with Crippen LogP contribution in [-0.4, -0.2) is 83.8 Å². The molecule has 1 saturated heterocycles. The Labute approximate surface area is 181 Å². The van der Waals surface area contributed by atoms with Crippen LogP contribution in [0.4, 0.5) is 0 Å². The molecule has 8 heteroatoms. The van der Waals surface area contributed by atoms with E-state index in [9.17, 15) is 0 Å². The maximum absolute atomic E-state index is 6.41. The minimum atomic E-state index is -2.24. The number of methoxy groups -OCH3 is 3. The molecule has 0 spiro atoms. The first kappa shape index (κ1) is 25.5. The Morgan fingerprint density at radius 3 is 2.00 bits per heavy atom. The lowest BCUT2D eigenvalue weighted by molar-refractivity contribution is -0.356. The van der Waals surface area contributed by atoms with Gasteiger partial charge >= 0.3 is 0 Å². The van der Waals surface area contributed by atoms with E-state index in [1.54, 1.807) is 21.3 Å². The predicted molar refractivity (Wildman–Crippen MR) is 117 cm³/mol. The monoisotopic (exact) mass is 445 g/mol. The second kappa shape index (κ2) is 8.62. The van der Waals surface area contributed by atoms with Crippen LogP contribution in [0.15, 0.2) is 0 Å².